The first-order valence-corrected chi connectivity index (χ1v) is 8.38. The molecule has 0 unspecified atom stereocenters. The van der Waals surface area contributed by atoms with Gasteiger partial charge in [0.15, 0.2) is 10.9 Å². The molecule has 0 aliphatic rings. The topological polar surface area (TPSA) is 64.7 Å². The van der Waals surface area contributed by atoms with Crippen molar-refractivity contribution in [2.24, 2.45) is 0 Å². The van der Waals surface area contributed by atoms with Gasteiger partial charge in [0, 0.05) is 30.0 Å². The number of anilines is 1. The van der Waals surface area contributed by atoms with Crippen LogP contribution in [0.4, 0.5) is 13.9 Å². The van der Waals surface area contributed by atoms with Crippen molar-refractivity contribution in [1.82, 2.24) is 19.3 Å². The van der Waals surface area contributed by atoms with Crippen LogP contribution in [0.3, 0.4) is 0 Å². The predicted octanol–water partition coefficient (Wildman–Crippen LogP) is 3.65. The van der Waals surface area contributed by atoms with Gasteiger partial charge in [-0.15, -0.1) is 11.3 Å². The van der Waals surface area contributed by atoms with Gasteiger partial charge in [0.1, 0.15) is 17.2 Å². The Kier molecular flexibility index (Phi) is 4.05. The Balaban J connectivity index is 1.83. The van der Waals surface area contributed by atoms with Crippen molar-refractivity contribution in [2.75, 3.05) is 5.32 Å². The average molecular weight is 371 g/mol. The highest BCUT2D eigenvalue weighted by atomic mass is 32.1. The molecule has 26 heavy (non-hydrogen) atoms. The fraction of sp³-hybridized carbons (Fsp3) is 0. The average Bonchev–Trinajstić information content (AvgIpc) is 3.34. The summed E-state index contributed by atoms with van der Waals surface area (Å²) < 4.78 is 30.2. The summed E-state index contributed by atoms with van der Waals surface area (Å²) in [6.07, 6.45) is 6.35. The van der Waals surface area contributed by atoms with Crippen LogP contribution in [0.1, 0.15) is 10.4 Å². The number of thiazole rings is 1. The molecular formula is C17H11F2N5OS. The second kappa shape index (κ2) is 6.52. The zero-order chi connectivity index (χ0) is 18.1. The molecular weight excluding hydrogens is 360 g/mol. The van der Waals surface area contributed by atoms with Gasteiger partial charge in [0.2, 0.25) is 0 Å². The minimum atomic E-state index is -0.734. The van der Waals surface area contributed by atoms with E-state index in [1.807, 2.05) is 0 Å². The number of halogens is 2. The fourth-order valence-electron chi connectivity index (χ4n) is 2.53. The molecule has 3 heterocycles. The first-order chi connectivity index (χ1) is 12.6. The van der Waals surface area contributed by atoms with Gasteiger partial charge in [-0.1, -0.05) is 0 Å². The first-order valence-electron chi connectivity index (χ1n) is 7.50. The third-order valence-corrected chi connectivity index (χ3v) is 4.27. The van der Waals surface area contributed by atoms with E-state index in [0.29, 0.717) is 10.9 Å². The van der Waals surface area contributed by atoms with E-state index in [-0.39, 0.29) is 11.3 Å². The summed E-state index contributed by atoms with van der Waals surface area (Å²) in [5.41, 5.74) is 0.403. The number of nitrogens with one attached hydrogen (secondary N) is 1. The standard InChI is InChI=1S/C17H11F2N5OS/c18-11-7-12(19)9-13(8-11)24-16(23-4-1-2-5-23)14(10-21-24)15(25)22-17-20-3-6-26-17/h1-10H,(H,20,22,25). The molecule has 6 nitrogen and oxygen atoms in total. The lowest BCUT2D eigenvalue weighted by atomic mass is 10.2. The third kappa shape index (κ3) is 3.00. The zero-order valence-corrected chi connectivity index (χ0v) is 14.0. The number of hydrogen-bond acceptors (Lipinski definition) is 4. The van der Waals surface area contributed by atoms with Crippen LogP contribution in [-0.4, -0.2) is 25.2 Å². The van der Waals surface area contributed by atoms with Crippen LogP contribution in [0, 0.1) is 11.6 Å². The third-order valence-electron chi connectivity index (χ3n) is 3.58. The SMILES string of the molecule is O=C(Nc1nccs1)c1cnn(-c2cc(F)cc(F)c2)c1-n1cccc1. The Hall–Kier alpha value is -3.33. The normalized spacial score (nSPS) is 10.8. The second-order valence-corrected chi connectivity index (χ2v) is 6.20. The molecule has 1 aromatic carbocycles. The monoisotopic (exact) mass is 371 g/mol. The first kappa shape index (κ1) is 16.2. The fourth-order valence-corrected chi connectivity index (χ4v) is 3.05. The number of hydrogen-bond donors (Lipinski definition) is 1. The van der Waals surface area contributed by atoms with Crippen molar-refractivity contribution in [3.05, 3.63) is 77.7 Å². The van der Waals surface area contributed by atoms with Crippen molar-refractivity contribution < 1.29 is 13.6 Å². The lowest BCUT2D eigenvalue weighted by molar-refractivity contribution is 0.102. The maximum atomic E-state index is 13.6. The number of aromatic nitrogens is 4. The summed E-state index contributed by atoms with van der Waals surface area (Å²) in [6, 6.07) is 6.60. The summed E-state index contributed by atoms with van der Waals surface area (Å²) in [6.45, 7) is 0. The van der Waals surface area contributed by atoms with Crippen molar-refractivity contribution >= 4 is 22.4 Å². The maximum Gasteiger partial charge on any atom is 0.262 e. The lowest BCUT2D eigenvalue weighted by Crippen LogP contribution is -2.15. The Bertz CT molecular complexity index is 1040. The number of rotatable bonds is 4. The molecule has 0 aliphatic heterocycles. The Morgan fingerprint density at radius 2 is 1.85 bits per heavy atom. The smallest absolute Gasteiger partial charge is 0.262 e. The van der Waals surface area contributed by atoms with Gasteiger partial charge in [-0.2, -0.15) is 5.10 Å². The second-order valence-electron chi connectivity index (χ2n) is 5.30. The number of carbonyl (C=O) groups excluding carboxylic acids is 1. The van der Waals surface area contributed by atoms with Crippen LogP contribution in [0.25, 0.3) is 11.5 Å². The number of carbonyl (C=O) groups is 1. The molecule has 4 rings (SSSR count). The highest BCUT2D eigenvalue weighted by Gasteiger charge is 2.21. The van der Waals surface area contributed by atoms with Gasteiger partial charge in [0.05, 0.1) is 11.9 Å². The molecule has 3 aromatic heterocycles. The molecule has 1 N–H and O–H groups in total. The Labute approximate surface area is 150 Å². The van der Waals surface area contributed by atoms with Gasteiger partial charge in [-0.25, -0.2) is 18.4 Å². The minimum Gasteiger partial charge on any atom is -0.308 e. The van der Waals surface area contributed by atoms with Crippen molar-refractivity contribution in [3.8, 4) is 11.5 Å². The predicted molar refractivity (Wildman–Crippen MR) is 92.9 cm³/mol. The van der Waals surface area contributed by atoms with Gasteiger partial charge in [-0.3, -0.25) is 10.1 Å². The van der Waals surface area contributed by atoms with E-state index < -0.39 is 17.5 Å². The lowest BCUT2D eigenvalue weighted by Gasteiger charge is -2.11. The highest BCUT2D eigenvalue weighted by molar-refractivity contribution is 7.13. The van der Waals surface area contributed by atoms with E-state index in [1.54, 1.807) is 40.7 Å². The summed E-state index contributed by atoms with van der Waals surface area (Å²) >= 11 is 1.28. The summed E-state index contributed by atoms with van der Waals surface area (Å²) in [4.78, 5) is 16.7. The van der Waals surface area contributed by atoms with Crippen LogP contribution in [0.2, 0.25) is 0 Å². The van der Waals surface area contributed by atoms with Gasteiger partial charge in [0.25, 0.3) is 5.91 Å². The summed E-state index contributed by atoms with van der Waals surface area (Å²) in [7, 11) is 0. The molecule has 0 saturated carbocycles. The van der Waals surface area contributed by atoms with E-state index in [0.717, 1.165) is 18.2 Å². The van der Waals surface area contributed by atoms with Gasteiger partial charge in [-0.05, 0) is 24.3 Å². The maximum absolute atomic E-state index is 13.6. The van der Waals surface area contributed by atoms with Crippen LogP contribution in [-0.2, 0) is 0 Å². The molecule has 0 saturated heterocycles. The number of nitrogens with zero attached hydrogens (tertiary/aromatic N) is 4. The largest absolute Gasteiger partial charge is 0.308 e. The summed E-state index contributed by atoms with van der Waals surface area (Å²) in [5.74, 6) is -1.54. The molecule has 0 aliphatic carbocycles. The van der Waals surface area contributed by atoms with Crippen LogP contribution in [0.5, 0.6) is 0 Å². The quantitative estimate of drug-likeness (QED) is 0.596. The van der Waals surface area contributed by atoms with E-state index >= 15 is 0 Å². The van der Waals surface area contributed by atoms with Gasteiger partial charge >= 0.3 is 0 Å². The molecule has 4 aromatic rings. The molecule has 0 bridgehead atoms. The van der Waals surface area contributed by atoms with E-state index in [9.17, 15) is 13.6 Å². The number of benzene rings is 1. The van der Waals surface area contributed by atoms with Crippen LogP contribution >= 0.6 is 11.3 Å². The molecule has 0 radical (unpaired) electrons. The molecule has 130 valence electrons. The van der Waals surface area contributed by atoms with Crippen molar-refractivity contribution in [2.45, 2.75) is 0 Å². The molecule has 0 atom stereocenters. The van der Waals surface area contributed by atoms with Crippen molar-refractivity contribution in [1.29, 1.82) is 0 Å². The Morgan fingerprint density at radius 3 is 2.50 bits per heavy atom. The number of amides is 1. The molecule has 0 fully saturated rings. The molecule has 1 amide bonds. The van der Waals surface area contributed by atoms with Crippen molar-refractivity contribution in [3.63, 3.8) is 0 Å². The minimum absolute atomic E-state index is 0.166. The molecule has 9 heteroatoms. The highest BCUT2D eigenvalue weighted by Crippen LogP contribution is 2.22. The zero-order valence-electron chi connectivity index (χ0n) is 13.1. The summed E-state index contributed by atoms with van der Waals surface area (Å²) in [5, 5.41) is 9.02. The molecule has 0 spiro atoms. The van der Waals surface area contributed by atoms with Gasteiger partial charge < -0.3 is 4.57 Å². The Morgan fingerprint density at radius 1 is 1.12 bits per heavy atom. The van der Waals surface area contributed by atoms with E-state index in [4.69, 9.17) is 0 Å². The van der Waals surface area contributed by atoms with Crippen LogP contribution in [0.15, 0.2) is 60.5 Å². The van der Waals surface area contributed by atoms with Crippen LogP contribution < -0.4 is 5.32 Å². The van der Waals surface area contributed by atoms with E-state index in [2.05, 4.69) is 15.4 Å². The van der Waals surface area contributed by atoms with E-state index in [1.165, 1.54) is 22.2 Å².